The smallest absolute Gasteiger partial charge is 0.0127 e. The molecule has 2 unspecified atom stereocenters. The first-order valence-electron chi connectivity index (χ1n) is 4.48. The average Bonchev–Trinajstić information content (AvgIpc) is 2.34. The van der Waals surface area contributed by atoms with Crippen molar-refractivity contribution >= 4 is 0 Å². The molecule has 0 spiro atoms. The lowest BCUT2D eigenvalue weighted by molar-refractivity contribution is 0.388. The topological polar surface area (TPSA) is 12.0 Å². The van der Waals surface area contributed by atoms with Crippen molar-refractivity contribution in [1.82, 2.24) is 5.32 Å². The van der Waals surface area contributed by atoms with E-state index in [-0.39, 0.29) is 0 Å². The molecule has 1 aliphatic carbocycles. The van der Waals surface area contributed by atoms with Gasteiger partial charge in [-0.25, -0.2) is 0 Å². The molecule has 1 N–H and O–H groups in total. The third kappa shape index (κ3) is 0.968. The lowest BCUT2D eigenvalue weighted by atomic mass is 9.91. The zero-order valence-corrected chi connectivity index (χ0v) is 6.69. The fourth-order valence-electron chi connectivity index (χ4n) is 2.34. The number of fused-ring (bicyclic) bond motifs is 2. The molecule has 1 aliphatic heterocycles. The van der Waals surface area contributed by atoms with Crippen molar-refractivity contribution in [2.75, 3.05) is 6.54 Å². The van der Waals surface area contributed by atoms with E-state index in [9.17, 15) is 0 Å². The van der Waals surface area contributed by atoms with E-state index in [4.69, 9.17) is 0 Å². The Bertz CT molecular complexity index is 122. The Hall–Kier alpha value is -0.0400. The second-order valence-electron chi connectivity index (χ2n) is 3.64. The molecule has 1 radical (unpaired) electrons. The number of rotatable bonds is 1. The second-order valence-corrected chi connectivity index (χ2v) is 3.64. The van der Waals surface area contributed by atoms with Gasteiger partial charge in [0.2, 0.25) is 0 Å². The summed E-state index contributed by atoms with van der Waals surface area (Å²) in [4.78, 5) is 0. The van der Waals surface area contributed by atoms with Gasteiger partial charge in [0.25, 0.3) is 0 Å². The van der Waals surface area contributed by atoms with Gasteiger partial charge in [0, 0.05) is 6.04 Å². The lowest BCUT2D eigenvalue weighted by Gasteiger charge is -2.28. The van der Waals surface area contributed by atoms with Gasteiger partial charge in [0.1, 0.15) is 0 Å². The van der Waals surface area contributed by atoms with Crippen LogP contribution >= 0.6 is 0 Å². The fourth-order valence-corrected chi connectivity index (χ4v) is 2.34. The van der Waals surface area contributed by atoms with E-state index >= 15 is 0 Å². The summed E-state index contributed by atoms with van der Waals surface area (Å²) in [5.41, 5.74) is 0. The van der Waals surface area contributed by atoms with Gasteiger partial charge in [0.05, 0.1) is 0 Å². The van der Waals surface area contributed by atoms with Crippen LogP contribution in [0.4, 0.5) is 0 Å². The maximum absolute atomic E-state index is 3.59. The van der Waals surface area contributed by atoms with Crippen LogP contribution in [-0.2, 0) is 0 Å². The van der Waals surface area contributed by atoms with Crippen LogP contribution < -0.4 is 5.32 Å². The molecule has 2 bridgehead atoms. The molecule has 0 aromatic rings. The van der Waals surface area contributed by atoms with Crippen LogP contribution in [0.2, 0.25) is 0 Å². The van der Waals surface area contributed by atoms with Crippen LogP contribution in [0.1, 0.15) is 32.6 Å². The van der Waals surface area contributed by atoms with Gasteiger partial charge in [-0.3, -0.25) is 0 Å². The zero-order chi connectivity index (χ0) is 6.97. The van der Waals surface area contributed by atoms with Crippen molar-refractivity contribution in [3.63, 3.8) is 0 Å². The van der Waals surface area contributed by atoms with Gasteiger partial charge in [-0.2, -0.15) is 0 Å². The third-order valence-corrected chi connectivity index (χ3v) is 2.98. The molecule has 2 rings (SSSR count). The minimum atomic E-state index is 0.777. The van der Waals surface area contributed by atoms with E-state index in [2.05, 4.69) is 12.2 Å². The second kappa shape index (κ2) is 2.54. The maximum Gasteiger partial charge on any atom is 0.0127 e. The Labute approximate surface area is 63.2 Å². The Balaban J connectivity index is 2.00. The molecule has 2 aliphatic rings. The molecular weight excluding hydrogens is 122 g/mol. The van der Waals surface area contributed by atoms with Crippen molar-refractivity contribution in [3.05, 3.63) is 5.92 Å². The highest BCUT2D eigenvalue weighted by Gasteiger charge is 2.34. The largest absolute Gasteiger partial charge is 0.313 e. The van der Waals surface area contributed by atoms with Gasteiger partial charge < -0.3 is 5.32 Å². The van der Waals surface area contributed by atoms with E-state index in [1.165, 1.54) is 32.2 Å². The average molecular weight is 138 g/mol. The SMILES string of the molecule is CCC1NCC2CC[C]1C2. The summed E-state index contributed by atoms with van der Waals surface area (Å²) in [7, 11) is 0. The van der Waals surface area contributed by atoms with Crippen molar-refractivity contribution in [3.8, 4) is 0 Å². The summed E-state index contributed by atoms with van der Waals surface area (Å²) in [6.07, 6.45) is 5.60. The molecule has 0 aromatic carbocycles. The van der Waals surface area contributed by atoms with Gasteiger partial charge >= 0.3 is 0 Å². The molecule has 0 aromatic heterocycles. The van der Waals surface area contributed by atoms with Crippen molar-refractivity contribution in [2.45, 2.75) is 38.6 Å². The van der Waals surface area contributed by atoms with Crippen LogP contribution in [0, 0.1) is 11.8 Å². The van der Waals surface area contributed by atoms with Gasteiger partial charge in [0.15, 0.2) is 0 Å². The van der Waals surface area contributed by atoms with Gasteiger partial charge in [-0.15, -0.1) is 0 Å². The van der Waals surface area contributed by atoms with E-state index in [0.717, 1.165) is 12.0 Å². The summed E-state index contributed by atoms with van der Waals surface area (Å²) in [5, 5.41) is 3.59. The monoisotopic (exact) mass is 138 g/mol. The lowest BCUT2D eigenvalue weighted by Crippen LogP contribution is -2.39. The number of hydrogen-bond donors (Lipinski definition) is 1. The van der Waals surface area contributed by atoms with Crippen LogP contribution in [0.5, 0.6) is 0 Å². The Morgan fingerprint density at radius 3 is 3.30 bits per heavy atom. The van der Waals surface area contributed by atoms with Crippen LogP contribution in [0.25, 0.3) is 0 Å². The molecule has 1 heteroatoms. The van der Waals surface area contributed by atoms with Crippen LogP contribution in [0.15, 0.2) is 0 Å². The predicted molar refractivity (Wildman–Crippen MR) is 42.7 cm³/mol. The summed E-state index contributed by atoms with van der Waals surface area (Å²) in [5.74, 6) is 2.80. The molecule has 1 saturated carbocycles. The molecule has 0 amide bonds. The molecular formula is C9H16N. The van der Waals surface area contributed by atoms with Crippen LogP contribution in [-0.4, -0.2) is 12.6 Å². The Morgan fingerprint density at radius 2 is 2.50 bits per heavy atom. The number of piperidine rings is 1. The molecule has 1 nitrogen and oxygen atoms in total. The first-order chi connectivity index (χ1) is 4.90. The van der Waals surface area contributed by atoms with Gasteiger partial charge in [-0.05, 0) is 44.1 Å². The van der Waals surface area contributed by atoms with E-state index < -0.39 is 0 Å². The highest BCUT2D eigenvalue weighted by molar-refractivity contribution is 5.10. The highest BCUT2D eigenvalue weighted by Crippen LogP contribution is 2.38. The molecule has 57 valence electrons. The van der Waals surface area contributed by atoms with E-state index in [1.54, 1.807) is 5.92 Å². The van der Waals surface area contributed by atoms with Gasteiger partial charge in [-0.1, -0.05) is 6.92 Å². The first kappa shape index (κ1) is 6.66. The van der Waals surface area contributed by atoms with E-state index in [1.807, 2.05) is 0 Å². The summed E-state index contributed by atoms with van der Waals surface area (Å²) >= 11 is 0. The maximum atomic E-state index is 3.59. The minimum Gasteiger partial charge on any atom is -0.313 e. The third-order valence-electron chi connectivity index (χ3n) is 2.98. The standard InChI is InChI=1S/C9H16N/c1-2-9-8-4-3-7(5-8)6-10-9/h7,9-10H,2-6H2,1H3. The Kier molecular flexibility index (Phi) is 1.69. The predicted octanol–water partition coefficient (Wildman–Crippen LogP) is 1.74. The molecule has 10 heavy (non-hydrogen) atoms. The normalized spacial score (nSPS) is 40.5. The summed E-state index contributed by atoms with van der Waals surface area (Å²) in [6.45, 7) is 3.56. The molecule has 1 saturated heterocycles. The highest BCUT2D eigenvalue weighted by atomic mass is 14.9. The van der Waals surface area contributed by atoms with E-state index in [0.29, 0.717) is 0 Å². The summed E-state index contributed by atoms with van der Waals surface area (Å²) in [6, 6.07) is 0.777. The quantitative estimate of drug-likeness (QED) is 0.582. The molecule has 1 heterocycles. The molecule has 2 fully saturated rings. The zero-order valence-electron chi connectivity index (χ0n) is 6.69. The van der Waals surface area contributed by atoms with Crippen molar-refractivity contribution < 1.29 is 0 Å². The van der Waals surface area contributed by atoms with Crippen molar-refractivity contribution in [1.29, 1.82) is 0 Å². The van der Waals surface area contributed by atoms with Crippen molar-refractivity contribution in [2.24, 2.45) is 5.92 Å². The summed E-state index contributed by atoms with van der Waals surface area (Å²) < 4.78 is 0. The molecule has 2 atom stereocenters. The minimum absolute atomic E-state index is 0.777. The van der Waals surface area contributed by atoms with Crippen LogP contribution in [0.3, 0.4) is 0 Å². The number of hydrogen-bond acceptors (Lipinski definition) is 1. The Morgan fingerprint density at radius 1 is 1.60 bits per heavy atom. The number of nitrogens with one attached hydrogen (secondary N) is 1. The fraction of sp³-hybridized carbons (Fsp3) is 0.889. The first-order valence-corrected chi connectivity index (χ1v) is 4.48.